The Kier molecular flexibility index (Phi) is 2.45. The molecule has 1 aliphatic rings. The molecule has 1 aliphatic carbocycles. The minimum Gasteiger partial charge on any atom is -0.480 e. The van der Waals surface area contributed by atoms with E-state index in [0.717, 1.165) is 0 Å². The Bertz CT molecular complexity index is 496. The maximum absolute atomic E-state index is 10.9. The lowest BCUT2D eigenvalue weighted by atomic mass is 10.2. The van der Waals surface area contributed by atoms with Crippen LogP contribution in [-0.2, 0) is 4.79 Å². The normalized spacial score (nSPS) is 16.3. The van der Waals surface area contributed by atoms with Gasteiger partial charge in [-0.3, -0.25) is 10.1 Å². The number of carboxylic acids is 1. The average molecular weight is 237 g/mol. The first-order chi connectivity index (χ1) is 7.94. The fourth-order valence-electron chi connectivity index (χ4n) is 1.54. The Hall–Kier alpha value is -2.18. The van der Waals surface area contributed by atoms with Gasteiger partial charge in [0.2, 0.25) is 0 Å². The zero-order valence-corrected chi connectivity index (χ0v) is 9.14. The van der Waals surface area contributed by atoms with Crippen LogP contribution in [0, 0.1) is 17.0 Å². The molecule has 17 heavy (non-hydrogen) atoms. The average Bonchev–Trinajstić information content (AvgIpc) is 3.01. The number of nitrogens with one attached hydrogen (secondary N) is 1. The van der Waals surface area contributed by atoms with E-state index >= 15 is 0 Å². The Morgan fingerprint density at radius 3 is 2.76 bits per heavy atom. The van der Waals surface area contributed by atoms with Crippen LogP contribution in [0.2, 0.25) is 0 Å². The van der Waals surface area contributed by atoms with Crippen LogP contribution in [0.25, 0.3) is 0 Å². The molecule has 0 unspecified atom stereocenters. The second kappa shape index (κ2) is 3.69. The first-order valence-electron chi connectivity index (χ1n) is 5.07. The SMILES string of the molecule is Cc1cnc(NC2(C(=O)O)CC2)cc1[N+](=O)[O-]. The van der Waals surface area contributed by atoms with Crippen molar-refractivity contribution in [1.29, 1.82) is 0 Å². The van der Waals surface area contributed by atoms with E-state index in [4.69, 9.17) is 5.11 Å². The lowest BCUT2D eigenvalue weighted by Crippen LogP contribution is -2.31. The smallest absolute Gasteiger partial charge is 0.329 e. The molecule has 0 saturated heterocycles. The number of pyridine rings is 1. The lowest BCUT2D eigenvalue weighted by molar-refractivity contribution is -0.385. The summed E-state index contributed by atoms with van der Waals surface area (Å²) in [6, 6.07) is 1.26. The molecule has 7 nitrogen and oxygen atoms in total. The van der Waals surface area contributed by atoms with Gasteiger partial charge in [-0.2, -0.15) is 0 Å². The van der Waals surface area contributed by atoms with Crippen LogP contribution in [0.5, 0.6) is 0 Å². The maximum atomic E-state index is 10.9. The summed E-state index contributed by atoms with van der Waals surface area (Å²) in [6.07, 6.45) is 2.37. The van der Waals surface area contributed by atoms with Gasteiger partial charge in [-0.25, -0.2) is 9.78 Å². The third kappa shape index (κ3) is 2.03. The summed E-state index contributed by atoms with van der Waals surface area (Å²) >= 11 is 0. The minimum atomic E-state index is -0.990. The highest BCUT2D eigenvalue weighted by atomic mass is 16.6. The molecule has 0 aliphatic heterocycles. The summed E-state index contributed by atoms with van der Waals surface area (Å²) in [7, 11) is 0. The number of aliphatic carboxylic acids is 1. The fraction of sp³-hybridized carbons (Fsp3) is 0.400. The third-order valence-corrected chi connectivity index (χ3v) is 2.80. The van der Waals surface area contributed by atoms with Gasteiger partial charge < -0.3 is 10.4 Å². The van der Waals surface area contributed by atoms with E-state index in [1.165, 1.54) is 12.3 Å². The Labute approximate surface area is 96.6 Å². The van der Waals surface area contributed by atoms with Gasteiger partial charge >= 0.3 is 5.97 Å². The van der Waals surface area contributed by atoms with E-state index in [-0.39, 0.29) is 11.5 Å². The predicted molar refractivity (Wildman–Crippen MR) is 58.9 cm³/mol. The zero-order chi connectivity index (χ0) is 12.6. The molecule has 1 heterocycles. The number of aromatic nitrogens is 1. The van der Waals surface area contributed by atoms with Crippen LogP contribution in [0.1, 0.15) is 18.4 Å². The van der Waals surface area contributed by atoms with Gasteiger partial charge in [0.25, 0.3) is 5.69 Å². The van der Waals surface area contributed by atoms with Crippen molar-refractivity contribution in [1.82, 2.24) is 4.98 Å². The topological polar surface area (TPSA) is 105 Å². The molecule has 2 rings (SSSR count). The molecular weight excluding hydrogens is 226 g/mol. The second-order valence-electron chi connectivity index (χ2n) is 4.13. The standard InChI is InChI=1S/C10H11N3O4/c1-6-5-11-8(4-7(6)13(16)17)12-10(2-3-10)9(14)15/h4-5H,2-3H2,1H3,(H,11,12)(H,14,15). The van der Waals surface area contributed by atoms with Crippen molar-refractivity contribution in [2.45, 2.75) is 25.3 Å². The van der Waals surface area contributed by atoms with Crippen molar-refractivity contribution in [3.8, 4) is 0 Å². The summed E-state index contributed by atoms with van der Waals surface area (Å²) in [5.74, 6) is -0.732. The second-order valence-corrected chi connectivity index (χ2v) is 4.13. The number of hydrogen-bond acceptors (Lipinski definition) is 5. The largest absolute Gasteiger partial charge is 0.480 e. The molecule has 0 aromatic carbocycles. The van der Waals surface area contributed by atoms with Crippen LogP contribution in [0.4, 0.5) is 11.5 Å². The molecule has 0 radical (unpaired) electrons. The zero-order valence-electron chi connectivity index (χ0n) is 9.14. The highest BCUT2D eigenvalue weighted by Gasteiger charge is 2.50. The van der Waals surface area contributed by atoms with E-state index in [1.807, 2.05) is 0 Å². The van der Waals surface area contributed by atoms with Crippen LogP contribution < -0.4 is 5.32 Å². The molecule has 0 bridgehead atoms. The molecule has 0 amide bonds. The Balaban J connectivity index is 2.26. The van der Waals surface area contributed by atoms with Gasteiger partial charge in [0.1, 0.15) is 11.4 Å². The van der Waals surface area contributed by atoms with Gasteiger partial charge in [-0.05, 0) is 19.8 Å². The molecule has 1 fully saturated rings. The van der Waals surface area contributed by atoms with E-state index in [9.17, 15) is 14.9 Å². The van der Waals surface area contributed by atoms with Gasteiger partial charge in [0.15, 0.2) is 0 Å². The molecule has 0 spiro atoms. The number of carbonyl (C=O) groups is 1. The number of rotatable bonds is 4. The summed E-state index contributed by atoms with van der Waals surface area (Å²) in [4.78, 5) is 25.1. The van der Waals surface area contributed by atoms with Gasteiger partial charge in [-0.15, -0.1) is 0 Å². The van der Waals surface area contributed by atoms with Gasteiger partial charge in [0, 0.05) is 11.8 Å². The summed E-state index contributed by atoms with van der Waals surface area (Å²) < 4.78 is 0. The molecule has 2 N–H and O–H groups in total. The lowest BCUT2D eigenvalue weighted by Gasteiger charge is -2.12. The van der Waals surface area contributed by atoms with E-state index < -0.39 is 16.4 Å². The number of anilines is 1. The molecule has 7 heteroatoms. The molecule has 1 aromatic heterocycles. The highest BCUT2D eigenvalue weighted by Crippen LogP contribution is 2.39. The third-order valence-electron chi connectivity index (χ3n) is 2.80. The van der Waals surface area contributed by atoms with Crippen molar-refractivity contribution in [3.05, 3.63) is 27.9 Å². The van der Waals surface area contributed by atoms with Crippen molar-refractivity contribution in [2.75, 3.05) is 5.32 Å². The first-order valence-corrected chi connectivity index (χ1v) is 5.07. The van der Waals surface area contributed by atoms with E-state index in [2.05, 4.69) is 10.3 Å². The van der Waals surface area contributed by atoms with E-state index in [0.29, 0.717) is 18.4 Å². The maximum Gasteiger partial charge on any atom is 0.329 e. The molecular formula is C10H11N3O4. The summed E-state index contributed by atoms with van der Waals surface area (Å²) in [5, 5.41) is 22.4. The monoisotopic (exact) mass is 237 g/mol. The summed E-state index contributed by atoms with van der Waals surface area (Å²) in [6.45, 7) is 1.58. The van der Waals surface area contributed by atoms with Gasteiger partial charge in [0.05, 0.1) is 11.0 Å². The van der Waals surface area contributed by atoms with Crippen LogP contribution in [0.3, 0.4) is 0 Å². The molecule has 0 atom stereocenters. The van der Waals surface area contributed by atoms with Crippen molar-refractivity contribution in [2.24, 2.45) is 0 Å². The van der Waals surface area contributed by atoms with Crippen LogP contribution in [-0.4, -0.2) is 26.5 Å². The number of hydrogen-bond donors (Lipinski definition) is 2. The Morgan fingerprint density at radius 1 is 1.65 bits per heavy atom. The quantitative estimate of drug-likeness (QED) is 0.604. The first kappa shape index (κ1) is 11.3. The minimum absolute atomic E-state index is 0.0660. The number of carboxylic acid groups (broad SMARTS) is 1. The van der Waals surface area contributed by atoms with Crippen molar-refractivity contribution >= 4 is 17.5 Å². The van der Waals surface area contributed by atoms with Gasteiger partial charge in [-0.1, -0.05) is 0 Å². The summed E-state index contributed by atoms with van der Waals surface area (Å²) in [5.41, 5.74) is -0.611. The van der Waals surface area contributed by atoms with Crippen molar-refractivity contribution in [3.63, 3.8) is 0 Å². The molecule has 1 saturated carbocycles. The highest BCUT2D eigenvalue weighted by molar-refractivity contribution is 5.86. The number of nitro groups is 1. The number of aryl methyl sites for hydroxylation is 1. The fourth-order valence-corrected chi connectivity index (χ4v) is 1.54. The van der Waals surface area contributed by atoms with Crippen molar-refractivity contribution < 1.29 is 14.8 Å². The Morgan fingerprint density at radius 2 is 2.29 bits per heavy atom. The van der Waals surface area contributed by atoms with Crippen LogP contribution in [0.15, 0.2) is 12.3 Å². The molecule has 1 aromatic rings. The number of nitrogens with zero attached hydrogens (tertiary/aromatic N) is 2. The van der Waals surface area contributed by atoms with E-state index in [1.54, 1.807) is 6.92 Å². The molecule has 90 valence electrons. The predicted octanol–water partition coefficient (Wildman–Crippen LogP) is 1.33. The van der Waals surface area contributed by atoms with Crippen LogP contribution >= 0.6 is 0 Å².